The number of aryl methyl sites for hydroxylation is 1. The predicted molar refractivity (Wildman–Crippen MR) is 112 cm³/mol. The van der Waals surface area contributed by atoms with Crippen molar-refractivity contribution in [1.82, 2.24) is 15.0 Å². The van der Waals surface area contributed by atoms with Crippen molar-refractivity contribution in [3.05, 3.63) is 60.7 Å². The van der Waals surface area contributed by atoms with Gasteiger partial charge in [0.15, 0.2) is 5.79 Å². The van der Waals surface area contributed by atoms with Gasteiger partial charge in [0, 0.05) is 55.5 Å². The summed E-state index contributed by atoms with van der Waals surface area (Å²) in [4.78, 5) is 16.1. The summed E-state index contributed by atoms with van der Waals surface area (Å²) in [6.07, 6.45) is 5.47. The van der Waals surface area contributed by atoms with Crippen LogP contribution in [0.25, 0.3) is 22.4 Å². The van der Waals surface area contributed by atoms with Crippen LogP contribution < -0.4 is 4.90 Å². The molecule has 0 unspecified atom stereocenters. The van der Waals surface area contributed by atoms with E-state index >= 15 is 0 Å². The van der Waals surface area contributed by atoms with Crippen molar-refractivity contribution in [3.8, 4) is 22.4 Å². The minimum absolute atomic E-state index is 0.380. The molecule has 148 valence electrons. The second-order valence-corrected chi connectivity index (χ2v) is 7.58. The van der Waals surface area contributed by atoms with Crippen LogP contribution in [0.1, 0.15) is 18.7 Å². The average Bonchev–Trinajstić information content (AvgIpc) is 3.22. The van der Waals surface area contributed by atoms with E-state index in [-0.39, 0.29) is 5.79 Å². The summed E-state index contributed by atoms with van der Waals surface area (Å²) in [6.45, 7) is 5.05. The van der Waals surface area contributed by atoms with Gasteiger partial charge in [0.2, 0.25) is 0 Å². The SMILES string of the molecule is Cc1nc(-c2cncc(-c3ccccc3)c2)cc(N2CCC3(CC2)OCCO3)n1. The lowest BCUT2D eigenvalue weighted by Gasteiger charge is -2.38. The first-order valence-corrected chi connectivity index (χ1v) is 10.1. The quantitative estimate of drug-likeness (QED) is 0.679. The molecule has 2 aliphatic heterocycles. The lowest BCUT2D eigenvalue weighted by molar-refractivity contribution is -0.169. The fourth-order valence-electron chi connectivity index (χ4n) is 4.09. The zero-order valence-electron chi connectivity index (χ0n) is 16.5. The van der Waals surface area contributed by atoms with Gasteiger partial charge >= 0.3 is 0 Å². The maximum atomic E-state index is 5.85. The number of ether oxygens (including phenoxy) is 2. The van der Waals surface area contributed by atoms with Crippen molar-refractivity contribution >= 4 is 5.82 Å². The number of piperidine rings is 1. The molecule has 0 radical (unpaired) electrons. The maximum absolute atomic E-state index is 5.85. The van der Waals surface area contributed by atoms with Crippen molar-refractivity contribution in [2.45, 2.75) is 25.6 Å². The van der Waals surface area contributed by atoms with Gasteiger partial charge < -0.3 is 14.4 Å². The second-order valence-electron chi connectivity index (χ2n) is 7.58. The third-order valence-electron chi connectivity index (χ3n) is 5.63. The van der Waals surface area contributed by atoms with E-state index in [1.54, 1.807) is 0 Å². The Morgan fingerprint density at radius 3 is 2.34 bits per heavy atom. The normalized spacial score (nSPS) is 18.3. The largest absolute Gasteiger partial charge is 0.356 e. The van der Waals surface area contributed by atoms with Crippen LogP contribution in [-0.2, 0) is 9.47 Å². The Bertz CT molecular complexity index is 993. The molecule has 0 N–H and O–H groups in total. The van der Waals surface area contributed by atoms with Crippen LogP contribution >= 0.6 is 0 Å². The smallest absolute Gasteiger partial charge is 0.171 e. The molecule has 2 saturated heterocycles. The molecule has 1 aromatic carbocycles. The van der Waals surface area contributed by atoms with Gasteiger partial charge in [-0.3, -0.25) is 4.98 Å². The summed E-state index contributed by atoms with van der Waals surface area (Å²) in [7, 11) is 0. The third-order valence-corrected chi connectivity index (χ3v) is 5.63. The van der Waals surface area contributed by atoms with Crippen LogP contribution in [0.15, 0.2) is 54.9 Å². The molecule has 29 heavy (non-hydrogen) atoms. The molecule has 6 heteroatoms. The maximum Gasteiger partial charge on any atom is 0.171 e. The first-order chi connectivity index (χ1) is 14.2. The molecule has 0 aliphatic carbocycles. The molecule has 2 fully saturated rings. The molecule has 0 bridgehead atoms. The molecule has 0 amide bonds. The number of hydrogen-bond donors (Lipinski definition) is 0. The van der Waals surface area contributed by atoms with Gasteiger partial charge in [0.1, 0.15) is 11.6 Å². The standard InChI is InChI=1S/C23H24N4O2/c1-17-25-21(20-13-19(15-24-16-20)18-5-3-2-4-6-18)14-22(26-17)27-9-7-23(8-10-27)28-11-12-29-23/h2-6,13-16H,7-12H2,1H3. The number of anilines is 1. The highest BCUT2D eigenvalue weighted by atomic mass is 16.7. The number of rotatable bonds is 3. The van der Waals surface area contributed by atoms with Crippen LogP contribution in [0.3, 0.4) is 0 Å². The Balaban J connectivity index is 1.42. The van der Waals surface area contributed by atoms with Gasteiger partial charge in [0.05, 0.1) is 18.9 Å². The van der Waals surface area contributed by atoms with Gasteiger partial charge in [-0.1, -0.05) is 30.3 Å². The zero-order chi connectivity index (χ0) is 19.7. The molecule has 6 nitrogen and oxygen atoms in total. The van der Waals surface area contributed by atoms with Gasteiger partial charge in [-0.2, -0.15) is 0 Å². The minimum atomic E-state index is -0.380. The molecule has 1 spiro atoms. The number of aromatic nitrogens is 3. The highest BCUT2D eigenvalue weighted by Gasteiger charge is 2.40. The Morgan fingerprint density at radius 2 is 1.59 bits per heavy atom. The summed E-state index contributed by atoms with van der Waals surface area (Å²) in [5.41, 5.74) is 4.11. The lowest BCUT2D eigenvalue weighted by atomic mass is 10.0. The highest BCUT2D eigenvalue weighted by molar-refractivity contribution is 5.71. The van der Waals surface area contributed by atoms with Gasteiger partial charge in [-0.15, -0.1) is 0 Å². The molecular weight excluding hydrogens is 364 g/mol. The van der Waals surface area contributed by atoms with Crippen molar-refractivity contribution in [2.75, 3.05) is 31.2 Å². The summed E-state index contributed by atoms with van der Waals surface area (Å²) in [5.74, 6) is 1.33. The van der Waals surface area contributed by atoms with E-state index in [1.165, 1.54) is 0 Å². The van der Waals surface area contributed by atoms with E-state index in [0.29, 0.717) is 13.2 Å². The van der Waals surface area contributed by atoms with E-state index in [1.807, 2.05) is 37.5 Å². The molecule has 0 saturated carbocycles. The summed E-state index contributed by atoms with van der Waals surface area (Å²) in [6, 6.07) is 14.5. The van der Waals surface area contributed by atoms with Gasteiger partial charge in [-0.25, -0.2) is 9.97 Å². The lowest BCUT2D eigenvalue weighted by Crippen LogP contribution is -2.45. The third kappa shape index (κ3) is 3.73. The molecule has 0 atom stereocenters. The van der Waals surface area contributed by atoms with E-state index < -0.39 is 0 Å². The van der Waals surface area contributed by atoms with Crippen LogP contribution in [0.2, 0.25) is 0 Å². The van der Waals surface area contributed by atoms with Crippen LogP contribution in [-0.4, -0.2) is 47.0 Å². The number of pyridine rings is 1. The monoisotopic (exact) mass is 388 g/mol. The summed E-state index contributed by atoms with van der Waals surface area (Å²) in [5, 5.41) is 0. The number of nitrogens with zero attached hydrogens (tertiary/aromatic N) is 4. The zero-order valence-corrected chi connectivity index (χ0v) is 16.5. The predicted octanol–water partition coefficient (Wildman–Crippen LogP) is 3.86. The Morgan fingerprint density at radius 1 is 0.862 bits per heavy atom. The highest BCUT2D eigenvalue weighted by Crippen LogP contribution is 2.33. The Labute approximate surface area is 170 Å². The van der Waals surface area contributed by atoms with Crippen molar-refractivity contribution in [3.63, 3.8) is 0 Å². The summed E-state index contributed by atoms with van der Waals surface area (Å²) >= 11 is 0. The van der Waals surface area contributed by atoms with E-state index in [2.05, 4.69) is 39.1 Å². The van der Waals surface area contributed by atoms with Crippen molar-refractivity contribution in [1.29, 1.82) is 0 Å². The first kappa shape index (κ1) is 18.2. The Hall–Kier alpha value is -2.83. The molecular formula is C23H24N4O2. The van der Waals surface area contributed by atoms with Crippen LogP contribution in [0.5, 0.6) is 0 Å². The molecule has 2 aromatic heterocycles. The average molecular weight is 388 g/mol. The molecule has 4 heterocycles. The molecule has 3 aromatic rings. The topological polar surface area (TPSA) is 60.4 Å². The fourth-order valence-corrected chi connectivity index (χ4v) is 4.09. The van der Waals surface area contributed by atoms with E-state index in [9.17, 15) is 0 Å². The van der Waals surface area contributed by atoms with Gasteiger partial charge in [0.25, 0.3) is 0 Å². The fraction of sp³-hybridized carbons (Fsp3) is 0.348. The summed E-state index contributed by atoms with van der Waals surface area (Å²) < 4.78 is 11.7. The van der Waals surface area contributed by atoms with E-state index in [4.69, 9.17) is 14.5 Å². The molecule has 5 rings (SSSR count). The Kier molecular flexibility index (Phi) is 4.73. The number of hydrogen-bond acceptors (Lipinski definition) is 6. The molecule has 2 aliphatic rings. The second kappa shape index (κ2) is 7.54. The van der Waals surface area contributed by atoms with Crippen molar-refractivity contribution in [2.24, 2.45) is 0 Å². The van der Waals surface area contributed by atoms with Crippen LogP contribution in [0.4, 0.5) is 5.82 Å². The van der Waals surface area contributed by atoms with Crippen LogP contribution in [0, 0.1) is 6.92 Å². The minimum Gasteiger partial charge on any atom is -0.356 e. The first-order valence-electron chi connectivity index (χ1n) is 10.1. The number of benzene rings is 1. The van der Waals surface area contributed by atoms with E-state index in [0.717, 1.165) is 60.0 Å². The van der Waals surface area contributed by atoms with Crippen molar-refractivity contribution < 1.29 is 9.47 Å². The van der Waals surface area contributed by atoms with Gasteiger partial charge in [-0.05, 0) is 18.6 Å².